The Kier molecular flexibility index (Phi) is 4.47. The molecule has 0 saturated carbocycles. The molecule has 20 heavy (non-hydrogen) atoms. The summed E-state index contributed by atoms with van der Waals surface area (Å²) in [6, 6.07) is 8.25. The predicted octanol–water partition coefficient (Wildman–Crippen LogP) is 3.48. The lowest BCUT2D eigenvalue weighted by Crippen LogP contribution is -2.11. The van der Waals surface area contributed by atoms with Crippen molar-refractivity contribution in [1.82, 2.24) is 0 Å². The Hall–Kier alpha value is -2.21. The number of ether oxygens (including phenoxy) is 1. The molecular formula is C14H13NO4S. The van der Waals surface area contributed by atoms with Crippen LogP contribution in [0.3, 0.4) is 0 Å². The molecule has 1 aromatic heterocycles. The SMILES string of the molecule is CCc1ccc(OCC(=O)c2cccs2)c([N+](=O)[O-])c1. The van der Waals surface area contributed by atoms with Crippen LogP contribution in [0, 0.1) is 10.1 Å². The maximum absolute atomic E-state index is 11.8. The van der Waals surface area contributed by atoms with Crippen LogP contribution >= 0.6 is 11.3 Å². The molecule has 0 N–H and O–H groups in total. The van der Waals surface area contributed by atoms with Crippen LogP contribution in [0.15, 0.2) is 35.7 Å². The van der Waals surface area contributed by atoms with Crippen LogP contribution < -0.4 is 4.74 Å². The Morgan fingerprint density at radius 3 is 2.80 bits per heavy atom. The Bertz CT molecular complexity index is 622. The molecule has 0 aliphatic carbocycles. The fraction of sp³-hybridized carbons (Fsp3) is 0.214. The molecule has 0 unspecified atom stereocenters. The van der Waals surface area contributed by atoms with Crippen molar-refractivity contribution in [1.29, 1.82) is 0 Å². The van der Waals surface area contributed by atoms with Gasteiger partial charge in [0.15, 0.2) is 12.4 Å². The molecule has 0 saturated heterocycles. The predicted molar refractivity (Wildman–Crippen MR) is 76.6 cm³/mol. The summed E-state index contributed by atoms with van der Waals surface area (Å²) < 4.78 is 5.30. The van der Waals surface area contributed by atoms with Gasteiger partial charge in [-0.3, -0.25) is 14.9 Å². The normalized spacial score (nSPS) is 10.2. The molecule has 1 heterocycles. The van der Waals surface area contributed by atoms with Crippen molar-refractivity contribution >= 4 is 22.8 Å². The molecule has 2 rings (SSSR count). The summed E-state index contributed by atoms with van der Waals surface area (Å²) in [7, 11) is 0. The monoisotopic (exact) mass is 291 g/mol. The summed E-state index contributed by atoms with van der Waals surface area (Å²) in [5.74, 6) is -0.0639. The van der Waals surface area contributed by atoms with Gasteiger partial charge >= 0.3 is 5.69 Å². The minimum absolute atomic E-state index is 0.108. The standard InChI is InChI=1S/C14H13NO4S/c1-2-10-5-6-13(11(8-10)15(17)18)19-9-12(16)14-4-3-7-20-14/h3-8H,2,9H2,1H3. The average Bonchev–Trinajstić information content (AvgIpc) is 2.98. The number of ketones is 1. The first-order valence-electron chi connectivity index (χ1n) is 6.08. The topological polar surface area (TPSA) is 69.4 Å². The number of nitro groups is 1. The van der Waals surface area contributed by atoms with Gasteiger partial charge in [-0.15, -0.1) is 11.3 Å². The van der Waals surface area contributed by atoms with E-state index in [1.807, 2.05) is 6.92 Å². The van der Waals surface area contributed by atoms with Gasteiger partial charge in [0.2, 0.25) is 5.78 Å². The number of Topliss-reactive ketones (excluding diaryl/α,β-unsaturated/α-hetero) is 1. The lowest BCUT2D eigenvalue weighted by molar-refractivity contribution is -0.385. The highest BCUT2D eigenvalue weighted by molar-refractivity contribution is 7.12. The Labute approximate surface area is 120 Å². The molecule has 0 aliphatic rings. The maximum Gasteiger partial charge on any atom is 0.311 e. The number of nitro benzene ring substituents is 1. The third-order valence-electron chi connectivity index (χ3n) is 2.78. The molecule has 0 fully saturated rings. The summed E-state index contributed by atoms with van der Waals surface area (Å²) in [4.78, 5) is 22.9. The van der Waals surface area contributed by atoms with Gasteiger partial charge in [-0.05, 0) is 29.5 Å². The number of carbonyl (C=O) groups is 1. The zero-order valence-corrected chi connectivity index (χ0v) is 11.7. The first kappa shape index (κ1) is 14.2. The second kappa shape index (κ2) is 6.29. The minimum Gasteiger partial charge on any atom is -0.478 e. The van der Waals surface area contributed by atoms with E-state index in [1.165, 1.54) is 17.4 Å². The lowest BCUT2D eigenvalue weighted by atomic mass is 10.1. The molecule has 0 spiro atoms. The minimum atomic E-state index is -0.496. The van der Waals surface area contributed by atoms with Gasteiger partial charge in [-0.1, -0.05) is 19.1 Å². The van der Waals surface area contributed by atoms with Gasteiger partial charge in [-0.2, -0.15) is 0 Å². The van der Waals surface area contributed by atoms with Gasteiger partial charge in [0, 0.05) is 6.07 Å². The molecule has 0 bridgehead atoms. The van der Waals surface area contributed by atoms with E-state index in [1.54, 1.807) is 29.6 Å². The van der Waals surface area contributed by atoms with E-state index < -0.39 is 4.92 Å². The van der Waals surface area contributed by atoms with Gasteiger partial charge in [0.1, 0.15) is 0 Å². The van der Waals surface area contributed by atoms with Crippen molar-refractivity contribution in [2.24, 2.45) is 0 Å². The maximum atomic E-state index is 11.8. The number of aryl methyl sites for hydroxylation is 1. The van der Waals surface area contributed by atoms with Crippen LogP contribution in [0.5, 0.6) is 5.75 Å². The second-order valence-corrected chi connectivity index (χ2v) is 5.05. The van der Waals surface area contributed by atoms with E-state index in [0.29, 0.717) is 11.3 Å². The summed E-state index contributed by atoms with van der Waals surface area (Å²) in [6.45, 7) is 1.72. The second-order valence-electron chi connectivity index (χ2n) is 4.10. The van der Waals surface area contributed by atoms with Gasteiger partial charge < -0.3 is 4.74 Å². The van der Waals surface area contributed by atoms with E-state index in [-0.39, 0.29) is 23.8 Å². The average molecular weight is 291 g/mol. The highest BCUT2D eigenvalue weighted by atomic mass is 32.1. The number of carbonyl (C=O) groups excluding carboxylic acids is 1. The number of hydrogen-bond acceptors (Lipinski definition) is 5. The quantitative estimate of drug-likeness (QED) is 0.464. The van der Waals surface area contributed by atoms with Crippen LogP contribution in [0.1, 0.15) is 22.2 Å². The van der Waals surface area contributed by atoms with E-state index in [4.69, 9.17) is 4.74 Å². The fourth-order valence-corrected chi connectivity index (χ4v) is 2.35. The van der Waals surface area contributed by atoms with Gasteiger partial charge in [0.25, 0.3) is 0 Å². The molecule has 5 nitrogen and oxygen atoms in total. The van der Waals surface area contributed by atoms with Crippen molar-refractivity contribution in [3.05, 3.63) is 56.3 Å². The van der Waals surface area contributed by atoms with Crippen molar-refractivity contribution in [2.75, 3.05) is 6.61 Å². The van der Waals surface area contributed by atoms with Crippen LogP contribution in [-0.2, 0) is 6.42 Å². The molecule has 6 heteroatoms. The van der Waals surface area contributed by atoms with Gasteiger partial charge in [0.05, 0.1) is 9.80 Å². The van der Waals surface area contributed by atoms with Gasteiger partial charge in [-0.25, -0.2) is 0 Å². The van der Waals surface area contributed by atoms with Crippen LogP contribution in [0.4, 0.5) is 5.69 Å². The van der Waals surface area contributed by atoms with E-state index in [2.05, 4.69) is 0 Å². The van der Waals surface area contributed by atoms with E-state index in [9.17, 15) is 14.9 Å². The smallest absolute Gasteiger partial charge is 0.311 e. The Morgan fingerprint density at radius 2 is 2.20 bits per heavy atom. The summed E-state index contributed by atoms with van der Waals surface area (Å²) >= 11 is 1.32. The number of thiophene rings is 1. The molecular weight excluding hydrogens is 278 g/mol. The van der Waals surface area contributed by atoms with Crippen LogP contribution in [0.25, 0.3) is 0 Å². The molecule has 0 amide bonds. The van der Waals surface area contributed by atoms with Crippen molar-refractivity contribution in [2.45, 2.75) is 13.3 Å². The third-order valence-corrected chi connectivity index (χ3v) is 3.69. The summed E-state index contributed by atoms with van der Waals surface area (Å²) in [5.41, 5.74) is 0.747. The molecule has 104 valence electrons. The van der Waals surface area contributed by atoms with Crippen molar-refractivity contribution < 1.29 is 14.5 Å². The number of rotatable bonds is 6. The Morgan fingerprint density at radius 1 is 1.40 bits per heavy atom. The number of benzene rings is 1. The zero-order chi connectivity index (χ0) is 14.5. The number of nitrogens with zero attached hydrogens (tertiary/aromatic N) is 1. The molecule has 1 aromatic carbocycles. The van der Waals surface area contributed by atoms with Crippen LogP contribution in [0.2, 0.25) is 0 Å². The third kappa shape index (κ3) is 3.21. The fourth-order valence-electron chi connectivity index (χ4n) is 1.70. The Balaban J connectivity index is 2.13. The first-order valence-corrected chi connectivity index (χ1v) is 6.96. The molecule has 0 atom stereocenters. The molecule has 0 aliphatic heterocycles. The van der Waals surface area contributed by atoms with E-state index >= 15 is 0 Å². The summed E-state index contributed by atoms with van der Waals surface area (Å²) in [6.07, 6.45) is 0.704. The van der Waals surface area contributed by atoms with Crippen molar-refractivity contribution in [3.8, 4) is 5.75 Å². The van der Waals surface area contributed by atoms with Crippen molar-refractivity contribution in [3.63, 3.8) is 0 Å². The molecule has 0 radical (unpaired) electrons. The van der Waals surface area contributed by atoms with E-state index in [0.717, 1.165) is 5.56 Å². The summed E-state index contributed by atoms with van der Waals surface area (Å²) in [5, 5.41) is 12.8. The largest absolute Gasteiger partial charge is 0.478 e. The molecule has 2 aromatic rings. The lowest BCUT2D eigenvalue weighted by Gasteiger charge is -2.06. The zero-order valence-electron chi connectivity index (χ0n) is 10.9. The van der Waals surface area contributed by atoms with Crippen LogP contribution in [-0.4, -0.2) is 17.3 Å². The highest BCUT2D eigenvalue weighted by Gasteiger charge is 2.17. The first-order chi connectivity index (χ1) is 9.61. The number of hydrogen-bond donors (Lipinski definition) is 0. The highest BCUT2D eigenvalue weighted by Crippen LogP contribution is 2.28.